The Labute approximate surface area is 113 Å². The van der Waals surface area contributed by atoms with E-state index >= 15 is 0 Å². The van der Waals surface area contributed by atoms with Gasteiger partial charge in [0, 0.05) is 19.1 Å². The highest BCUT2D eigenvalue weighted by Crippen LogP contribution is 2.29. The topological polar surface area (TPSA) is 46.3 Å². The monoisotopic (exact) mass is 264 g/mol. The number of benzene rings is 1. The molecule has 18 heavy (non-hydrogen) atoms. The number of nitrogens with zero attached hydrogens (tertiary/aromatic N) is 1. The molecule has 4 heteroatoms. The molecular weight excluding hydrogens is 244 g/mol. The van der Waals surface area contributed by atoms with Gasteiger partial charge in [-0.3, -0.25) is 4.79 Å². The van der Waals surface area contributed by atoms with Crippen LogP contribution in [0.15, 0.2) is 30.3 Å². The smallest absolute Gasteiger partial charge is 0.240 e. The van der Waals surface area contributed by atoms with E-state index in [9.17, 15) is 4.79 Å². The zero-order chi connectivity index (χ0) is 13.0. The highest BCUT2D eigenvalue weighted by Gasteiger charge is 2.27. The number of carbonyl (C=O) groups is 1. The molecule has 1 aromatic rings. The zero-order valence-corrected chi connectivity index (χ0v) is 11.5. The minimum absolute atomic E-state index is 0.0828. The van der Waals surface area contributed by atoms with Gasteiger partial charge in [-0.2, -0.15) is 0 Å². The first-order valence-electron chi connectivity index (χ1n) is 6.34. The van der Waals surface area contributed by atoms with Gasteiger partial charge >= 0.3 is 0 Å². The summed E-state index contributed by atoms with van der Waals surface area (Å²) in [6, 6.07) is 10.3. The van der Waals surface area contributed by atoms with E-state index in [0.29, 0.717) is 0 Å². The van der Waals surface area contributed by atoms with Crippen LogP contribution in [0.5, 0.6) is 0 Å². The van der Waals surface area contributed by atoms with Crippen LogP contribution in [0.25, 0.3) is 0 Å². The summed E-state index contributed by atoms with van der Waals surface area (Å²) in [5.41, 5.74) is 6.96. The van der Waals surface area contributed by atoms with E-state index < -0.39 is 0 Å². The van der Waals surface area contributed by atoms with E-state index in [4.69, 9.17) is 5.73 Å². The molecular formula is C14H20N2OS. The van der Waals surface area contributed by atoms with Crippen LogP contribution < -0.4 is 5.73 Å². The lowest BCUT2D eigenvalue weighted by Crippen LogP contribution is -2.44. The number of hydrogen-bond donors (Lipinski definition) is 1. The van der Waals surface area contributed by atoms with Crippen LogP contribution in [0.1, 0.15) is 23.7 Å². The average Bonchev–Trinajstić information content (AvgIpc) is 2.41. The zero-order valence-electron chi connectivity index (χ0n) is 10.7. The summed E-state index contributed by atoms with van der Waals surface area (Å²) in [7, 11) is 0. The van der Waals surface area contributed by atoms with Crippen molar-refractivity contribution in [2.45, 2.75) is 24.1 Å². The summed E-state index contributed by atoms with van der Waals surface area (Å²) >= 11 is 1.60. The number of nitrogens with two attached hydrogens (primary N) is 1. The second-order valence-corrected chi connectivity index (χ2v) is 5.63. The molecule has 1 aromatic carbocycles. The average molecular weight is 264 g/mol. The third kappa shape index (κ3) is 3.06. The minimum Gasteiger partial charge on any atom is -0.341 e. The van der Waals surface area contributed by atoms with Gasteiger partial charge in [-0.25, -0.2) is 0 Å². The van der Waals surface area contributed by atoms with Crippen molar-refractivity contribution in [2.75, 3.05) is 19.3 Å². The number of hydrogen-bond acceptors (Lipinski definition) is 3. The van der Waals surface area contributed by atoms with Crippen LogP contribution in [-0.2, 0) is 4.79 Å². The van der Waals surface area contributed by atoms with Crippen molar-refractivity contribution in [1.82, 2.24) is 4.90 Å². The van der Waals surface area contributed by atoms with Gasteiger partial charge in [0.25, 0.3) is 0 Å². The van der Waals surface area contributed by atoms with Gasteiger partial charge in [0.2, 0.25) is 5.91 Å². The first kappa shape index (κ1) is 13.4. The largest absolute Gasteiger partial charge is 0.341 e. The molecule has 98 valence electrons. The number of thioether (sulfide) groups is 1. The number of rotatable bonds is 3. The van der Waals surface area contributed by atoms with E-state index in [1.165, 1.54) is 0 Å². The maximum atomic E-state index is 12.5. The molecule has 1 aliphatic heterocycles. The minimum atomic E-state index is -0.0828. The molecule has 0 spiro atoms. The van der Waals surface area contributed by atoms with E-state index in [1.54, 1.807) is 11.8 Å². The fourth-order valence-corrected chi connectivity index (χ4v) is 3.07. The predicted octanol–water partition coefficient (Wildman–Crippen LogP) is 2.04. The van der Waals surface area contributed by atoms with Crippen molar-refractivity contribution in [3.63, 3.8) is 0 Å². The van der Waals surface area contributed by atoms with E-state index in [-0.39, 0.29) is 17.2 Å². The molecule has 1 aliphatic rings. The highest BCUT2D eigenvalue weighted by molar-refractivity contribution is 7.99. The third-order valence-electron chi connectivity index (χ3n) is 3.41. The second kappa shape index (κ2) is 6.25. The molecule has 1 fully saturated rings. The van der Waals surface area contributed by atoms with Crippen LogP contribution in [0.3, 0.4) is 0 Å². The van der Waals surface area contributed by atoms with Gasteiger partial charge in [-0.15, -0.1) is 11.8 Å². The SMILES string of the molecule is CSC(C(=O)N1CCC(N)CC1)c1ccccc1. The molecule has 2 N–H and O–H groups in total. The first-order valence-corrected chi connectivity index (χ1v) is 7.63. The maximum absolute atomic E-state index is 12.5. The van der Waals surface area contributed by atoms with Gasteiger partial charge in [-0.1, -0.05) is 30.3 Å². The lowest BCUT2D eigenvalue weighted by molar-refractivity contribution is -0.131. The molecule has 0 radical (unpaired) electrons. The summed E-state index contributed by atoms with van der Waals surface area (Å²) in [6.07, 6.45) is 3.83. The molecule has 3 nitrogen and oxygen atoms in total. The summed E-state index contributed by atoms with van der Waals surface area (Å²) in [5.74, 6) is 0.223. The summed E-state index contributed by atoms with van der Waals surface area (Å²) in [4.78, 5) is 14.5. The highest BCUT2D eigenvalue weighted by atomic mass is 32.2. The Morgan fingerprint density at radius 3 is 2.50 bits per heavy atom. The number of amides is 1. The molecule has 1 saturated heterocycles. The lowest BCUT2D eigenvalue weighted by atomic mass is 10.0. The Kier molecular flexibility index (Phi) is 4.66. The number of piperidine rings is 1. The van der Waals surface area contributed by atoms with Crippen LogP contribution >= 0.6 is 11.8 Å². The summed E-state index contributed by atoms with van der Waals surface area (Å²) < 4.78 is 0. The maximum Gasteiger partial charge on any atom is 0.240 e. The fraction of sp³-hybridized carbons (Fsp3) is 0.500. The Morgan fingerprint density at radius 2 is 1.94 bits per heavy atom. The van der Waals surface area contributed by atoms with Gasteiger partial charge in [0.05, 0.1) is 0 Å². The first-order chi connectivity index (χ1) is 8.72. The van der Waals surface area contributed by atoms with E-state index in [0.717, 1.165) is 31.5 Å². The van der Waals surface area contributed by atoms with Gasteiger partial charge in [-0.05, 0) is 24.7 Å². The predicted molar refractivity (Wildman–Crippen MR) is 76.5 cm³/mol. The molecule has 0 aromatic heterocycles. The van der Waals surface area contributed by atoms with Crippen molar-refractivity contribution < 1.29 is 4.79 Å². The second-order valence-electron chi connectivity index (χ2n) is 4.69. The van der Waals surface area contributed by atoms with Crippen LogP contribution in [0.4, 0.5) is 0 Å². The van der Waals surface area contributed by atoms with Gasteiger partial charge < -0.3 is 10.6 Å². The summed E-state index contributed by atoms with van der Waals surface area (Å²) in [6.45, 7) is 1.59. The number of carbonyl (C=O) groups excluding carboxylic acids is 1. The van der Waals surface area contributed by atoms with Crippen LogP contribution in [0.2, 0.25) is 0 Å². The molecule has 0 saturated carbocycles. The van der Waals surface area contributed by atoms with E-state index in [1.807, 2.05) is 41.5 Å². The molecule has 1 amide bonds. The Hall–Kier alpha value is -1.00. The quantitative estimate of drug-likeness (QED) is 0.909. The molecule has 1 heterocycles. The van der Waals surface area contributed by atoms with Crippen molar-refractivity contribution in [1.29, 1.82) is 0 Å². The van der Waals surface area contributed by atoms with Crippen molar-refractivity contribution in [3.8, 4) is 0 Å². The Balaban J connectivity index is 2.06. The van der Waals surface area contributed by atoms with Crippen molar-refractivity contribution in [3.05, 3.63) is 35.9 Å². The summed E-state index contributed by atoms with van der Waals surface area (Å²) in [5, 5.41) is -0.0828. The molecule has 0 bridgehead atoms. The van der Waals surface area contributed by atoms with E-state index in [2.05, 4.69) is 0 Å². The van der Waals surface area contributed by atoms with Crippen molar-refractivity contribution >= 4 is 17.7 Å². The van der Waals surface area contributed by atoms with Crippen LogP contribution in [-0.4, -0.2) is 36.2 Å². The lowest BCUT2D eigenvalue weighted by Gasteiger charge is -2.32. The normalized spacial score (nSPS) is 18.7. The van der Waals surface area contributed by atoms with Gasteiger partial charge in [0.1, 0.15) is 5.25 Å². The fourth-order valence-electron chi connectivity index (χ4n) is 2.29. The number of likely N-dealkylation sites (tertiary alicyclic amines) is 1. The molecule has 1 unspecified atom stereocenters. The molecule has 0 aliphatic carbocycles. The Bertz CT molecular complexity index is 388. The molecule has 2 rings (SSSR count). The van der Waals surface area contributed by atoms with Crippen LogP contribution in [0, 0.1) is 0 Å². The van der Waals surface area contributed by atoms with Gasteiger partial charge in [0.15, 0.2) is 0 Å². The standard InChI is InChI=1S/C14H20N2OS/c1-18-13(11-5-3-2-4-6-11)14(17)16-9-7-12(15)8-10-16/h2-6,12-13H,7-10,15H2,1H3. The third-order valence-corrected chi connectivity index (χ3v) is 4.36. The molecule has 1 atom stereocenters. The Morgan fingerprint density at radius 1 is 1.33 bits per heavy atom. The van der Waals surface area contributed by atoms with Crippen molar-refractivity contribution in [2.24, 2.45) is 5.73 Å².